The lowest BCUT2D eigenvalue weighted by atomic mass is 9.65. The molecule has 1 aromatic heterocycles. The highest BCUT2D eigenvalue weighted by atomic mass is 32.1. The van der Waals surface area contributed by atoms with Crippen molar-refractivity contribution in [3.05, 3.63) is 21.9 Å². The molecule has 0 radical (unpaired) electrons. The van der Waals surface area contributed by atoms with Crippen molar-refractivity contribution in [1.29, 1.82) is 0 Å². The minimum atomic E-state index is 0.144. The van der Waals surface area contributed by atoms with Crippen LogP contribution in [0.15, 0.2) is 12.1 Å². The highest BCUT2D eigenvalue weighted by Gasteiger charge is 2.47. The first-order chi connectivity index (χ1) is 9.19. The van der Waals surface area contributed by atoms with E-state index in [1.165, 1.54) is 37.4 Å². The molecule has 3 saturated heterocycles. The first kappa shape index (κ1) is 11.9. The van der Waals surface area contributed by atoms with Gasteiger partial charge in [-0.3, -0.25) is 4.79 Å². The van der Waals surface area contributed by atoms with E-state index in [1.54, 1.807) is 11.3 Å². The van der Waals surface area contributed by atoms with Crippen LogP contribution in [-0.4, -0.2) is 36.5 Å². The zero-order valence-electron chi connectivity index (χ0n) is 11.3. The summed E-state index contributed by atoms with van der Waals surface area (Å²) < 4.78 is 0. The summed E-state index contributed by atoms with van der Waals surface area (Å²) in [4.78, 5) is 17.0. The van der Waals surface area contributed by atoms with E-state index in [2.05, 4.69) is 17.1 Å². The molecule has 4 fully saturated rings. The smallest absolute Gasteiger partial charge is 0.261 e. The number of carbonyl (C=O) groups is 1. The van der Waals surface area contributed by atoms with E-state index >= 15 is 0 Å². The summed E-state index contributed by atoms with van der Waals surface area (Å²) in [5.41, 5.74) is 0. The number of hydrogen-bond acceptors (Lipinski definition) is 3. The molecule has 2 unspecified atom stereocenters. The van der Waals surface area contributed by atoms with E-state index in [-0.39, 0.29) is 5.91 Å². The fraction of sp³-hybridized carbons (Fsp3) is 0.667. The quantitative estimate of drug-likeness (QED) is 0.897. The summed E-state index contributed by atoms with van der Waals surface area (Å²) in [5, 5.41) is 3.34. The number of amides is 1. The molecule has 4 heterocycles. The summed E-state index contributed by atoms with van der Waals surface area (Å²) in [6.45, 7) is 5.75. The van der Waals surface area contributed by atoms with Gasteiger partial charge in [0.2, 0.25) is 0 Å². The number of piperidine rings is 3. The van der Waals surface area contributed by atoms with Crippen molar-refractivity contribution < 1.29 is 4.79 Å². The zero-order chi connectivity index (χ0) is 13.0. The molecule has 1 amide bonds. The number of hydrogen-bond donors (Lipinski definition) is 1. The maximum atomic E-state index is 12.3. The number of nitrogens with zero attached hydrogens (tertiary/aromatic N) is 1. The lowest BCUT2D eigenvalue weighted by molar-refractivity contribution is -0.0418. The zero-order valence-corrected chi connectivity index (χ0v) is 12.1. The second kappa shape index (κ2) is 4.32. The SMILES string of the molecule is Cc1ccc(C(=O)NC2C3CC4CC2CN(C4)C3)s1. The second-order valence-corrected chi connectivity index (χ2v) is 7.77. The molecule has 3 nitrogen and oxygen atoms in total. The predicted molar refractivity (Wildman–Crippen MR) is 76.5 cm³/mol. The molecule has 4 bridgehead atoms. The number of thiophene rings is 1. The first-order valence-corrected chi connectivity index (χ1v) is 8.10. The van der Waals surface area contributed by atoms with Crippen molar-refractivity contribution >= 4 is 17.2 Å². The van der Waals surface area contributed by atoms with Crippen LogP contribution in [0, 0.1) is 24.7 Å². The molecule has 1 aliphatic carbocycles. The molecule has 4 heteroatoms. The van der Waals surface area contributed by atoms with Crippen molar-refractivity contribution in [1.82, 2.24) is 10.2 Å². The Morgan fingerprint density at radius 2 is 2.00 bits per heavy atom. The molecule has 1 saturated carbocycles. The first-order valence-electron chi connectivity index (χ1n) is 7.28. The van der Waals surface area contributed by atoms with E-state index < -0.39 is 0 Å². The molecule has 2 atom stereocenters. The molecule has 3 aliphatic heterocycles. The van der Waals surface area contributed by atoms with Gasteiger partial charge in [-0.15, -0.1) is 11.3 Å². The Morgan fingerprint density at radius 1 is 1.26 bits per heavy atom. The van der Waals surface area contributed by atoms with Crippen LogP contribution in [0.25, 0.3) is 0 Å². The van der Waals surface area contributed by atoms with Crippen LogP contribution in [0.1, 0.15) is 27.4 Å². The van der Waals surface area contributed by atoms with Gasteiger partial charge >= 0.3 is 0 Å². The van der Waals surface area contributed by atoms with Gasteiger partial charge in [0.15, 0.2) is 0 Å². The van der Waals surface area contributed by atoms with Crippen LogP contribution in [0.3, 0.4) is 0 Å². The summed E-state index contributed by atoms with van der Waals surface area (Å²) in [5.74, 6) is 2.42. The molecule has 0 aromatic carbocycles. The summed E-state index contributed by atoms with van der Waals surface area (Å²) in [6.07, 6.45) is 2.64. The van der Waals surface area contributed by atoms with Crippen molar-refractivity contribution in [2.45, 2.75) is 25.8 Å². The van der Waals surface area contributed by atoms with Gasteiger partial charge in [0.1, 0.15) is 0 Å². The van der Waals surface area contributed by atoms with Gasteiger partial charge in [-0.1, -0.05) is 0 Å². The molecule has 0 spiro atoms. The topological polar surface area (TPSA) is 32.3 Å². The van der Waals surface area contributed by atoms with Gasteiger partial charge in [-0.2, -0.15) is 0 Å². The molecule has 5 rings (SSSR count). The third kappa shape index (κ3) is 2.01. The van der Waals surface area contributed by atoms with Gasteiger partial charge in [0.05, 0.1) is 4.88 Å². The van der Waals surface area contributed by atoms with E-state index in [9.17, 15) is 4.79 Å². The van der Waals surface area contributed by atoms with Crippen LogP contribution < -0.4 is 5.32 Å². The molecule has 1 N–H and O–H groups in total. The Bertz CT molecular complexity index is 482. The molecule has 102 valence electrons. The third-order valence-electron chi connectivity index (χ3n) is 5.05. The molecule has 19 heavy (non-hydrogen) atoms. The minimum Gasteiger partial charge on any atom is -0.348 e. The number of carbonyl (C=O) groups excluding carboxylic acids is 1. The van der Waals surface area contributed by atoms with Crippen LogP contribution in [0.5, 0.6) is 0 Å². The summed E-state index contributed by atoms with van der Waals surface area (Å²) in [6, 6.07) is 4.40. The highest BCUT2D eigenvalue weighted by molar-refractivity contribution is 7.13. The van der Waals surface area contributed by atoms with Gasteiger partial charge < -0.3 is 10.2 Å². The molecular formula is C15H20N2OS. The molecular weight excluding hydrogens is 256 g/mol. The minimum absolute atomic E-state index is 0.144. The standard InChI is InChI=1S/C15H20N2OS/c1-9-2-3-13(19-9)15(18)16-14-11-4-10-5-12(14)8-17(6-10)7-11/h2-3,10-12,14H,4-8H2,1H3,(H,16,18). The van der Waals surface area contributed by atoms with Crippen molar-refractivity contribution in [3.63, 3.8) is 0 Å². The highest BCUT2D eigenvalue weighted by Crippen LogP contribution is 2.43. The fourth-order valence-corrected chi connectivity index (χ4v) is 5.19. The van der Waals surface area contributed by atoms with Crippen molar-refractivity contribution in [2.75, 3.05) is 19.6 Å². The average Bonchev–Trinajstić information content (AvgIpc) is 2.79. The van der Waals surface area contributed by atoms with Crippen LogP contribution in [0.2, 0.25) is 0 Å². The van der Waals surface area contributed by atoms with E-state index in [0.29, 0.717) is 17.9 Å². The number of rotatable bonds is 2. The second-order valence-electron chi connectivity index (χ2n) is 6.49. The fourth-order valence-electron chi connectivity index (χ4n) is 4.42. The third-order valence-corrected chi connectivity index (χ3v) is 6.05. The lowest BCUT2D eigenvalue weighted by Crippen LogP contribution is -2.64. The van der Waals surface area contributed by atoms with Crippen LogP contribution in [-0.2, 0) is 0 Å². The van der Waals surface area contributed by atoms with E-state index in [1.807, 2.05) is 12.1 Å². The van der Waals surface area contributed by atoms with Gasteiger partial charge in [0, 0.05) is 30.6 Å². The monoisotopic (exact) mass is 276 g/mol. The van der Waals surface area contributed by atoms with Crippen LogP contribution in [0.4, 0.5) is 0 Å². The summed E-state index contributed by atoms with van der Waals surface area (Å²) >= 11 is 1.60. The van der Waals surface area contributed by atoms with Crippen molar-refractivity contribution in [2.24, 2.45) is 17.8 Å². The Hall–Kier alpha value is -0.870. The van der Waals surface area contributed by atoms with Gasteiger partial charge in [-0.25, -0.2) is 0 Å². The Labute approximate surface area is 118 Å². The molecule has 1 aromatic rings. The van der Waals surface area contributed by atoms with Gasteiger partial charge in [0.25, 0.3) is 5.91 Å². The number of aryl methyl sites for hydroxylation is 1. The maximum Gasteiger partial charge on any atom is 0.261 e. The Morgan fingerprint density at radius 3 is 2.58 bits per heavy atom. The largest absolute Gasteiger partial charge is 0.348 e. The average molecular weight is 276 g/mol. The van der Waals surface area contributed by atoms with Crippen molar-refractivity contribution in [3.8, 4) is 0 Å². The lowest BCUT2D eigenvalue weighted by Gasteiger charge is -2.55. The normalized spacial score (nSPS) is 39.5. The van der Waals surface area contributed by atoms with Crippen LogP contribution >= 0.6 is 11.3 Å². The van der Waals surface area contributed by atoms with E-state index in [4.69, 9.17) is 0 Å². The van der Waals surface area contributed by atoms with Gasteiger partial charge in [-0.05, 0) is 49.7 Å². The maximum absolute atomic E-state index is 12.3. The predicted octanol–water partition coefficient (Wildman–Crippen LogP) is 2.13. The molecule has 4 aliphatic rings. The Kier molecular flexibility index (Phi) is 2.71. The van der Waals surface area contributed by atoms with E-state index in [0.717, 1.165) is 10.8 Å². The number of nitrogens with one attached hydrogen (secondary N) is 1. The summed E-state index contributed by atoms with van der Waals surface area (Å²) in [7, 11) is 0. The Balaban J connectivity index is 1.49.